The number of amides is 1. The molecule has 0 saturated heterocycles. The van der Waals surface area contributed by atoms with Crippen LogP contribution in [0, 0.1) is 23.7 Å². The maximum absolute atomic E-state index is 13.5. The molecule has 1 fully saturated rings. The zero-order valence-corrected chi connectivity index (χ0v) is 26.7. The van der Waals surface area contributed by atoms with Gasteiger partial charge in [0.2, 0.25) is 0 Å². The van der Waals surface area contributed by atoms with Crippen molar-refractivity contribution in [1.29, 1.82) is 0 Å². The average molecular weight is 609 g/mol. The summed E-state index contributed by atoms with van der Waals surface area (Å²) in [7, 11) is 0. The van der Waals surface area contributed by atoms with Crippen molar-refractivity contribution in [3.05, 3.63) is 70.3 Å². The minimum atomic E-state index is -0.430. The molecule has 2 aromatic rings. The molecule has 2 aromatic carbocycles. The summed E-state index contributed by atoms with van der Waals surface area (Å²) in [6.45, 7) is 8.97. The number of anilines is 1. The van der Waals surface area contributed by atoms with Gasteiger partial charge in [-0.2, -0.15) is 0 Å². The molecular formula is C35H45ClN2O3S. The van der Waals surface area contributed by atoms with Crippen LogP contribution >= 0.6 is 23.5 Å². The molecule has 2 bridgehead atoms. The standard InChI is InChI=1S/C35H45ClN2O3S/c1-22(2)16-33-23(3)6-4-8-31(39)28-12-9-26(28)19-38-20-35(15-5-7-24-17-27(36)11-13-29(24)35)21-41-32-14-10-25(18-30(32)38)34(40)37-42-33/h4,8,10-11,13-14,17-18,22-23,26,28,31,33,39H,5-7,9,12,15-16,19-21H2,1-3H3,(H,37,40)/b8-4-/t23-,26-,28+,31-,33-,35-/m0/s1. The van der Waals surface area contributed by atoms with Crippen molar-refractivity contribution < 1.29 is 14.6 Å². The molecule has 42 heavy (non-hydrogen) atoms. The third-order valence-corrected chi connectivity index (χ3v) is 11.6. The Balaban J connectivity index is 1.37. The van der Waals surface area contributed by atoms with E-state index in [9.17, 15) is 9.90 Å². The van der Waals surface area contributed by atoms with Gasteiger partial charge in [0, 0.05) is 34.3 Å². The Morgan fingerprint density at radius 3 is 2.86 bits per heavy atom. The number of hydrogen-bond donors (Lipinski definition) is 2. The fourth-order valence-electron chi connectivity index (χ4n) is 7.59. The Bertz CT molecular complexity index is 1330. The second-order valence-electron chi connectivity index (χ2n) is 13.6. The van der Waals surface area contributed by atoms with E-state index in [1.165, 1.54) is 11.1 Å². The average Bonchev–Trinajstić information content (AvgIpc) is 3.09. The summed E-state index contributed by atoms with van der Waals surface area (Å²) < 4.78 is 9.82. The van der Waals surface area contributed by atoms with Crippen molar-refractivity contribution in [2.45, 2.75) is 82.5 Å². The van der Waals surface area contributed by atoms with Crippen LogP contribution in [0.5, 0.6) is 5.75 Å². The molecule has 1 spiro atoms. The first-order chi connectivity index (χ1) is 20.2. The van der Waals surface area contributed by atoms with E-state index in [1.54, 1.807) is 11.9 Å². The molecule has 1 amide bonds. The number of allylic oxidation sites excluding steroid dienone is 1. The number of rotatable bonds is 2. The van der Waals surface area contributed by atoms with E-state index in [0.29, 0.717) is 35.2 Å². The van der Waals surface area contributed by atoms with Crippen molar-refractivity contribution in [2.75, 3.05) is 24.6 Å². The predicted molar refractivity (Wildman–Crippen MR) is 174 cm³/mol. The van der Waals surface area contributed by atoms with Crippen LogP contribution in [-0.2, 0) is 11.8 Å². The summed E-state index contributed by atoms with van der Waals surface area (Å²) >= 11 is 7.98. The first kappa shape index (κ1) is 29.9. The van der Waals surface area contributed by atoms with Gasteiger partial charge in [-0.25, -0.2) is 0 Å². The highest BCUT2D eigenvalue weighted by atomic mass is 35.5. The van der Waals surface area contributed by atoms with Gasteiger partial charge in [-0.1, -0.05) is 50.6 Å². The van der Waals surface area contributed by atoms with E-state index >= 15 is 0 Å². The molecule has 2 heterocycles. The molecule has 2 N–H and O–H groups in total. The summed E-state index contributed by atoms with van der Waals surface area (Å²) in [5.74, 6) is 2.32. The van der Waals surface area contributed by atoms with Crippen LogP contribution < -0.4 is 14.4 Å². The van der Waals surface area contributed by atoms with E-state index < -0.39 is 6.10 Å². The van der Waals surface area contributed by atoms with Gasteiger partial charge < -0.3 is 14.7 Å². The quantitative estimate of drug-likeness (QED) is 0.272. The highest BCUT2D eigenvalue weighted by Gasteiger charge is 2.44. The number of ether oxygens (including phenoxy) is 1. The molecule has 2 aliphatic carbocycles. The lowest BCUT2D eigenvalue weighted by molar-refractivity contribution is 0.0455. The van der Waals surface area contributed by atoms with Crippen LogP contribution in [0.25, 0.3) is 0 Å². The first-order valence-electron chi connectivity index (χ1n) is 15.8. The van der Waals surface area contributed by atoms with Gasteiger partial charge in [-0.05, 0) is 122 Å². The van der Waals surface area contributed by atoms with Crippen molar-refractivity contribution in [2.24, 2.45) is 23.7 Å². The minimum Gasteiger partial charge on any atom is -0.490 e. The molecule has 0 radical (unpaired) electrons. The number of hydrogen-bond acceptors (Lipinski definition) is 5. The number of aryl methyl sites for hydroxylation is 1. The van der Waals surface area contributed by atoms with Gasteiger partial charge in [0.05, 0.1) is 18.4 Å². The van der Waals surface area contributed by atoms with Crippen molar-refractivity contribution in [3.63, 3.8) is 0 Å². The van der Waals surface area contributed by atoms with Gasteiger partial charge in [-0.3, -0.25) is 9.52 Å². The Kier molecular flexibility index (Phi) is 8.87. The maximum Gasteiger partial charge on any atom is 0.261 e. The summed E-state index contributed by atoms with van der Waals surface area (Å²) in [4.78, 5) is 16.0. The molecule has 6 rings (SSSR count). The fourth-order valence-corrected chi connectivity index (χ4v) is 8.98. The highest BCUT2D eigenvalue weighted by molar-refractivity contribution is 7.98. The predicted octanol–water partition coefficient (Wildman–Crippen LogP) is 7.59. The third kappa shape index (κ3) is 6.09. The monoisotopic (exact) mass is 608 g/mol. The molecule has 4 aliphatic rings. The SMILES string of the molecule is CC(C)C[C@@H]1SNC(=O)c2ccc3c(c2)N(C[C@@H]2CC[C@H]2[C@@H](O)/C=C\C[C@@H]1C)C[C@@]1(CCCc2cc(Cl)ccc21)CO3. The lowest BCUT2D eigenvalue weighted by Crippen LogP contribution is -2.49. The van der Waals surface area contributed by atoms with E-state index in [1.807, 2.05) is 30.3 Å². The van der Waals surface area contributed by atoms with Gasteiger partial charge in [0.15, 0.2) is 0 Å². The number of fused-ring (bicyclic) bond motifs is 4. The Morgan fingerprint density at radius 2 is 2.07 bits per heavy atom. The fraction of sp³-hybridized carbons (Fsp3) is 0.571. The molecular weight excluding hydrogens is 564 g/mol. The minimum absolute atomic E-state index is 0.0556. The van der Waals surface area contributed by atoms with Gasteiger partial charge in [0.1, 0.15) is 5.75 Å². The molecule has 7 heteroatoms. The highest BCUT2D eigenvalue weighted by Crippen LogP contribution is 2.47. The Labute approximate surface area is 260 Å². The normalized spacial score (nSPS) is 32.2. The Hall–Kier alpha value is -2.15. The summed E-state index contributed by atoms with van der Waals surface area (Å²) in [6, 6.07) is 12.3. The van der Waals surface area contributed by atoms with Gasteiger partial charge >= 0.3 is 0 Å². The second-order valence-corrected chi connectivity index (χ2v) is 15.1. The van der Waals surface area contributed by atoms with Crippen LogP contribution in [0.4, 0.5) is 5.69 Å². The summed E-state index contributed by atoms with van der Waals surface area (Å²) in [5, 5.41) is 12.3. The summed E-state index contributed by atoms with van der Waals surface area (Å²) in [5.41, 5.74) is 4.15. The molecule has 1 saturated carbocycles. The number of halogens is 1. The molecule has 0 unspecified atom stereocenters. The van der Waals surface area contributed by atoms with E-state index in [2.05, 4.69) is 48.6 Å². The van der Waals surface area contributed by atoms with Crippen molar-refractivity contribution in [3.8, 4) is 5.75 Å². The number of aliphatic hydroxyl groups excluding tert-OH is 1. The number of nitrogens with zero attached hydrogens (tertiary/aromatic N) is 1. The molecule has 2 aliphatic heterocycles. The van der Waals surface area contributed by atoms with Crippen molar-refractivity contribution >= 4 is 35.1 Å². The smallest absolute Gasteiger partial charge is 0.261 e. The maximum atomic E-state index is 13.5. The van der Waals surface area contributed by atoms with E-state index in [-0.39, 0.29) is 17.2 Å². The van der Waals surface area contributed by atoms with Crippen LogP contribution in [0.1, 0.15) is 80.8 Å². The van der Waals surface area contributed by atoms with Crippen LogP contribution in [0.2, 0.25) is 5.02 Å². The van der Waals surface area contributed by atoms with Crippen LogP contribution in [0.15, 0.2) is 48.6 Å². The van der Waals surface area contributed by atoms with Gasteiger partial charge in [0.25, 0.3) is 5.91 Å². The lowest BCUT2D eigenvalue weighted by atomic mass is 9.68. The molecule has 6 atom stereocenters. The zero-order valence-electron chi connectivity index (χ0n) is 25.2. The Morgan fingerprint density at radius 1 is 1.21 bits per heavy atom. The topological polar surface area (TPSA) is 61.8 Å². The van der Waals surface area contributed by atoms with Gasteiger partial charge in [-0.15, -0.1) is 0 Å². The third-order valence-electron chi connectivity index (χ3n) is 10.2. The first-order valence-corrected chi connectivity index (χ1v) is 17.1. The van der Waals surface area contributed by atoms with E-state index in [0.717, 1.165) is 74.5 Å². The van der Waals surface area contributed by atoms with Crippen molar-refractivity contribution in [1.82, 2.24) is 4.72 Å². The number of benzene rings is 2. The lowest BCUT2D eigenvalue weighted by Gasteiger charge is -2.45. The number of aliphatic hydroxyl groups is 1. The van der Waals surface area contributed by atoms with Crippen LogP contribution in [-0.4, -0.2) is 42.1 Å². The molecule has 226 valence electrons. The van der Waals surface area contributed by atoms with Crippen LogP contribution in [0.3, 0.4) is 0 Å². The molecule has 5 nitrogen and oxygen atoms in total. The number of carbonyl (C=O) groups excluding carboxylic acids is 1. The largest absolute Gasteiger partial charge is 0.490 e. The van der Waals surface area contributed by atoms with E-state index in [4.69, 9.17) is 16.3 Å². The zero-order chi connectivity index (χ0) is 29.4. The molecule has 0 aromatic heterocycles. The summed E-state index contributed by atoms with van der Waals surface area (Å²) in [6.07, 6.45) is 11.0. The number of carbonyl (C=O) groups is 1. The second kappa shape index (κ2) is 12.5. The number of nitrogens with one attached hydrogen (secondary N) is 1.